The molecule has 8 nitrogen and oxygen atoms in total. The van der Waals surface area contributed by atoms with Crippen molar-refractivity contribution in [2.75, 3.05) is 7.11 Å². The average molecular weight is 338 g/mol. The summed E-state index contributed by atoms with van der Waals surface area (Å²) in [5.41, 5.74) is 1.24. The van der Waals surface area contributed by atoms with Crippen LogP contribution in [0.25, 0.3) is 10.9 Å². The van der Waals surface area contributed by atoms with Crippen molar-refractivity contribution >= 4 is 22.3 Å². The number of hydrogen-bond acceptors (Lipinski definition) is 7. The van der Waals surface area contributed by atoms with Crippen LogP contribution in [0.15, 0.2) is 53.6 Å². The lowest BCUT2D eigenvalue weighted by molar-refractivity contribution is -0.386. The number of phenolic OH excluding ortho intramolecular Hbond substituents is 1. The van der Waals surface area contributed by atoms with E-state index in [1.165, 1.54) is 19.2 Å². The molecule has 8 heteroatoms. The van der Waals surface area contributed by atoms with Crippen molar-refractivity contribution in [1.82, 2.24) is 4.98 Å². The Morgan fingerprint density at radius 1 is 1.28 bits per heavy atom. The first kappa shape index (κ1) is 16.2. The third-order valence-corrected chi connectivity index (χ3v) is 3.72. The van der Waals surface area contributed by atoms with Crippen molar-refractivity contribution < 1.29 is 14.8 Å². The van der Waals surface area contributed by atoms with Gasteiger partial charge in [-0.25, -0.2) is 4.98 Å². The summed E-state index contributed by atoms with van der Waals surface area (Å²) in [6, 6.07) is 13.7. The molecule has 3 aromatic rings. The van der Waals surface area contributed by atoms with Gasteiger partial charge < -0.3 is 15.7 Å². The zero-order valence-electron chi connectivity index (χ0n) is 13.2. The summed E-state index contributed by atoms with van der Waals surface area (Å²) in [5.74, 6) is 4.91. The Bertz CT molecular complexity index is 1000. The number of nitro groups is 1. The Morgan fingerprint density at radius 3 is 2.72 bits per heavy atom. The first-order valence-corrected chi connectivity index (χ1v) is 7.25. The molecule has 0 aliphatic heterocycles. The maximum atomic E-state index is 11.2. The monoisotopic (exact) mass is 338 g/mol. The zero-order valence-corrected chi connectivity index (χ0v) is 13.2. The lowest BCUT2D eigenvalue weighted by atomic mass is 10.0. The summed E-state index contributed by atoms with van der Waals surface area (Å²) in [6.45, 7) is 0. The number of hydrazone groups is 1. The number of pyridine rings is 1. The third kappa shape index (κ3) is 2.92. The van der Waals surface area contributed by atoms with Gasteiger partial charge in [0.25, 0.3) is 0 Å². The number of nitrogens with two attached hydrogens (primary N) is 1. The Balaban J connectivity index is 2.17. The van der Waals surface area contributed by atoms with Gasteiger partial charge in [0.05, 0.1) is 23.2 Å². The van der Waals surface area contributed by atoms with E-state index >= 15 is 0 Å². The number of hydrogen-bond donors (Lipinski definition) is 2. The molecule has 126 valence electrons. The molecule has 0 radical (unpaired) electrons. The molecule has 0 unspecified atom stereocenters. The smallest absolute Gasteiger partial charge is 0.315 e. The molecule has 0 saturated heterocycles. The first-order chi connectivity index (χ1) is 12.0. The number of aromatic hydroxyl groups is 1. The van der Waals surface area contributed by atoms with Gasteiger partial charge >= 0.3 is 5.69 Å². The summed E-state index contributed by atoms with van der Waals surface area (Å²) in [4.78, 5) is 15.0. The number of benzene rings is 2. The normalized spacial score (nSPS) is 11.5. The fourth-order valence-corrected chi connectivity index (χ4v) is 2.51. The van der Waals surface area contributed by atoms with Gasteiger partial charge in [0, 0.05) is 17.0 Å². The van der Waals surface area contributed by atoms with Crippen LogP contribution in [0.5, 0.6) is 11.5 Å². The molecule has 0 amide bonds. The number of phenols is 1. The fourth-order valence-electron chi connectivity index (χ4n) is 2.51. The average Bonchev–Trinajstić information content (AvgIpc) is 2.63. The number of nitrogens with zero attached hydrogens (tertiary/aromatic N) is 3. The molecule has 25 heavy (non-hydrogen) atoms. The molecule has 0 saturated carbocycles. The summed E-state index contributed by atoms with van der Waals surface area (Å²) in [7, 11) is 1.30. The number of fused-ring (bicyclic) bond motifs is 1. The van der Waals surface area contributed by atoms with E-state index in [1.807, 2.05) is 30.3 Å². The summed E-state index contributed by atoms with van der Waals surface area (Å²) < 4.78 is 5.01. The van der Waals surface area contributed by atoms with Crippen LogP contribution < -0.4 is 10.6 Å². The molecular formula is C17H14N4O4. The number of ether oxygens (including phenoxy) is 1. The first-order valence-electron chi connectivity index (χ1n) is 7.25. The molecule has 3 N–H and O–H groups in total. The number of nitro benzene ring substituents is 1. The van der Waals surface area contributed by atoms with Crippen molar-refractivity contribution in [3.05, 3.63) is 69.9 Å². The van der Waals surface area contributed by atoms with Crippen LogP contribution in [0.3, 0.4) is 0 Å². The molecule has 3 rings (SSSR count). The topological polar surface area (TPSA) is 124 Å². The minimum atomic E-state index is -0.705. The molecule has 2 aromatic carbocycles. The van der Waals surface area contributed by atoms with Crippen LogP contribution in [0.1, 0.15) is 11.3 Å². The molecule has 0 spiro atoms. The SMILES string of the molecule is COc1cc(/C(=N\N)c2ccc3ccccc3n2)cc([N+](=O)[O-])c1O. The van der Waals surface area contributed by atoms with E-state index in [0.717, 1.165) is 10.9 Å². The lowest BCUT2D eigenvalue weighted by Crippen LogP contribution is -2.10. The van der Waals surface area contributed by atoms with E-state index in [2.05, 4.69) is 10.1 Å². The van der Waals surface area contributed by atoms with E-state index in [4.69, 9.17) is 10.6 Å². The summed E-state index contributed by atoms with van der Waals surface area (Å²) in [5, 5.41) is 25.7. The molecular weight excluding hydrogens is 324 g/mol. The number of rotatable bonds is 4. The Labute approximate surface area is 142 Å². The van der Waals surface area contributed by atoms with Gasteiger partial charge in [0.1, 0.15) is 5.71 Å². The summed E-state index contributed by atoms with van der Waals surface area (Å²) >= 11 is 0. The van der Waals surface area contributed by atoms with Gasteiger partial charge in [0.15, 0.2) is 5.75 Å². The zero-order chi connectivity index (χ0) is 18.0. The van der Waals surface area contributed by atoms with Crippen molar-refractivity contribution in [1.29, 1.82) is 0 Å². The highest BCUT2D eigenvalue weighted by molar-refractivity contribution is 6.13. The van der Waals surface area contributed by atoms with Gasteiger partial charge in [-0.3, -0.25) is 10.1 Å². The van der Waals surface area contributed by atoms with E-state index in [1.54, 1.807) is 6.07 Å². The number of aromatic nitrogens is 1. The quantitative estimate of drug-likeness (QED) is 0.326. The second kappa shape index (κ2) is 6.44. The van der Waals surface area contributed by atoms with Crippen molar-refractivity contribution in [3.8, 4) is 11.5 Å². The van der Waals surface area contributed by atoms with E-state index in [9.17, 15) is 15.2 Å². The maximum Gasteiger partial charge on any atom is 0.315 e. The van der Waals surface area contributed by atoms with Gasteiger partial charge in [-0.2, -0.15) is 5.10 Å². The van der Waals surface area contributed by atoms with Crippen molar-refractivity contribution in [2.24, 2.45) is 10.9 Å². The highest BCUT2D eigenvalue weighted by Gasteiger charge is 2.22. The highest BCUT2D eigenvalue weighted by atomic mass is 16.6. The minimum absolute atomic E-state index is 0.0499. The maximum absolute atomic E-state index is 11.2. The van der Waals surface area contributed by atoms with Gasteiger partial charge in [-0.1, -0.05) is 24.3 Å². The van der Waals surface area contributed by atoms with Crippen LogP contribution in [-0.4, -0.2) is 27.8 Å². The Kier molecular flexibility index (Phi) is 4.17. The standard InChI is InChI=1S/C17H14N4O4/c1-25-15-9-11(8-14(17(15)22)21(23)24)16(20-18)13-7-6-10-4-2-3-5-12(10)19-13/h2-9,22H,18H2,1H3/b20-16+. The molecule has 0 aliphatic rings. The molecule has 1 heterocycles. The van der Waals surface area contributed by atoms with Crippen LogP contribution >= 0.6 is 0 Å². The molecule has 0 bridgehead atoms. The summed E-state index contributed by atoms with van der Waals surface area (Å²) in [6.07, 6.45) is 0. The Hall–Kier alpha value is -3.68. The second-order valence-corrected chi connectivity index (χ2v) is 5.17. The molecule has 0 atom stereocenters. The van der Waals surface area contributed by atoms with Crippen LogP contribution in [0, 0.1) is 10.1 Å². The molecule has 0 aliphatic carbocycles. The van der Waals surface area contributed by atoms with Crippen molar-refractivity contribution in [3.63, 3.8) is 0 Å². The number of methoxy groups -OCH3 is 1. The van der Waals surface area contributed by atoms with E-state index in [-0.39, 0.29) is 11.5 Å². The largest absolute Gasteiger partial charge is 0.500 e. The lowest BCUT2D eigenvalue weighted by Gasteiger charge is -2.10. The highest BCUT2D eigenvalue weighted by Crippen LogP contribution is 2.37. The third-order valence-electron chi connectivity index (χ3n) is 3.72. The Morgan fingerprint density at radius 2 is 2.04 bits per heavy atom. The van der Waals surface area contributed by atoms with Gasteiger partial charge in [-0.05, 0) is 18.2 Å². The second-order valence-electron chi connectivity index (χ2n) is 5.17. The molecule has 0 fully saturated rings. The minimum Gasteiger partial charge on any atom is -0.500 e. The van der Waals surface area contributed by atoms with Crippen molar-refractivity contribution in [2.45, 2.75) is 0 Å². The predicted molar refractivity (Wildman–Crippen MR) is 92.9 cm³/mol. The van der Waals surface area contributed by atoms with Gasteiger partial charge in [-0.15, -0.1) is 0 Å². The van der Waals surface area contributed by atoms with Crippen LogP contribution in [0.4, 0.5) is 5.69 Å². The fraction of sp³-hybridized carbons (Fsp3) is 0.0588. The van der Waals surface area contributed by atoms with Gasteiger partial charge in [0.2, 0.25) is 5.75 Å². The number of para-hydroxylation sites is 1. The van der Waals surface area contributed by atoms with Crippen LogP contribution in [0.2, 0.25) is 0 Å². The van der Waals surface area contributed by atoms with E-state index in [0.29, 0.717) is 11.3 Å². The van der Waals surface area contributed by atoms with Crippen LogP contribution in [-0.2, 0) is 0 Å². The van der Waals surface area contributed by atoms with E-state index < -0.39 is 16.4 Å². The predicted octanol–water partition coefficient (Wildman–Crippen LogP) is 2.57. The molecule has 1 aromatic heterocycles.